The van der Waals surface area contributed by atoms with Gasteiger partial charge in [0.25, 0.3) is 0 Å². The molecule has 0 aliphatic rings. The summed E-state index contributed by atoms with van der Waals surface area (Å²) >= 11 is 0. The third-order valence-corrected chi connectivity index (χ3v) is 2.83. The summed E-state index contributed by atoms with van der Waals surface area (Å²) in [6, 6.07) is 5.66. The Labute approximate surface area is 103 Å². The lowest BCUT2D eigenvalue weighted by molar-refractivity contribution is 0.220. The van der Waals surface area contributed by atoms with Crippen LogP contribution in [0.15, 0.2) is 18.2 Å². The maximum Gasteiger partial charge on any atom is 0.143 e. The number of hydrogen-bond acceptors (Lipinski definition) is 4. The predicted molar refractivity (Wildman–Crippen MR) is 71.4 cm³/mol. The molecule has 0 radical (unpaired) electrons. The summed E-state index contributed by atoms with van der Waals surface area (Å²) < 4.78 is 5.16. The van der Waals surface area contributed by atoms with E-state index >= 15 is 0 Å². The number of aliphatic hydroxyl groups excluding tert-OH is 1. The molecule has 0 spiro atoms. The highest BCUT2D eigenvalue weighted by Crippen LogP contribution is 2.30. The molecule has 4 nitrogen and oxygen atoms in total. The number of para-hydroxylation sites is 1. The first-order chi connectivity index (χ1) is 8.00. The zero-order valence-electron chi connectivity index (χ0n) is 10.8. The van der Waals surface area contributed by atoms with Gasteiger partial charge in [-0.15, -0.1) is 0 Å². The number of ether oxygens (including phenoxy) is 1. The number of aliphatic hydroxyl groups is 1. The molecule has 4 heteroatoms. The molecule has 0 saturated carbocycles. The molecule has 0 aromatic heterocycles. The smallest absolute Gasteiger partial charge is 0.143 e. The van der Waals surface area contributed by atoms with Crippen LogP contribution >= 0.6 is 0 Å². The van der Waals surface area contributed by atoms with E-state index in [2.05, 4.69) is 19.2 Å². The van der Waals surface area contributed by atoms with E-state index in [0.717, 1.165) is 18.7 Å². The molecule has 0 atom stereocenters. The molecular formula is C13H22N2O2. The Morgan fingerprint density at radius 2 is 2.12 bits per heavy atom. The molecule has 1 rings (SSSR count). The molecule has 0 unspecified atom stereocenters. The van der Waals surface area contributed by atoms with E-state index in [1.807, 2.05) is 18.2 Å². The zero-order valence-corrected chi connectivity index (χ0v) is 10.8. The summed E-state index contributed by atoms with van der Waals surface area (Å²) in [5.74, 6) is 0.676. The monoisotopic (exact) mass is 238 g/mol. The van der Waals surface area contributed by atoms with Crippen molar-refractivity contribution < 1.29 is 9.84 Å². The minimum Gasteiger partial charge on any atom is -0.495 e. The first-order valence-corrected chi connectivity index (χ1v) is 5.77. The van der Waals surface area contributed by atoms with Gasteiger partial charge in [-0.25, -0.2) is 0 Å². The second kappa shape index (κ2) is 5.77. The molecule has 96 valence electrons. The molecule has 0 saturated heterocycles. The van der Waals surface area contributed by atoms with Gasteiger partial charge >= 0.3 is 0 Å². The van der Waals surface area contributed by atoms with E-state index in [4.69, 9.17) is 15.6 Å². The number of anilines is 2. The largest absolute Gasteiger partial charge is 0.495 e. The van der Waals surface area contributed by atoms with Crippen LogP contribution in [-0.4, -0.2) is 25.4 Å². The van der Waals surface area contributed by atoms with Crippen LogP contribution in [0.5, 0.6) is 5.75 Å². The number of hydrogen-bond donors (Lipinski definition) is 3. The Hall–Kier alpha value is -1.42. The number of nitrogen functional groups attached to an aromatic ring is 1. The lowest BCUT2D eigenvalue weighted by Gasteiger charge is -2.25. The van der Waals surface area contributed by atoms with Gasteiger partial charge in [-0.3, -0.25) is 0 Å². The number of nitrogens with two attached hydrogens (primary N) is 1. The topological polar surface area (TPSA) is 67.5 Å². The van der Waals surface area contributed by atoms with Crippen LogP contribution in [0.25, 0.3) is 0 Å². The number of benzene rings is 1. The summed E-state index contributed by atoms with van der Waals surface area (Å²) in [7, 11) is 1.60. The Bertz CT molecular complexity index is 364. The van der Waals surface area contributed by atoms with Gasteiger partial charge in [0.05, 0.1) is 18.5 Å². The van der Waals surface area contributed by atoms with Gasteiger partial charge in [-0.2, -0.15) is 0 Å². The van der Waals surface area contributed by atoms with Crippen LogP contribution in [-0.2, 0) is 0 Å². The van der Waals surface area contributed by atoms with Crippen molar-refractivity contribution in [2.75, 3.05) is 31.3 Å². The average Bonchev–Trinajstić information content (AvgIpc) is 2.28. The van der Waals surface area contributed by atoms with Crippen LogP contribution in [0.4, 0.5) is 11.4 Å². The fraction of sp³-hybridized carbons (Fsp3) is 0.538. The molecule has 4 N–H and O–H groups in total. The van der Waals surface area contributed by atoms with Gasteiger partial charge in [-0.1, -0.05) is 19.9 Å². The molecule has 0 bridgehead atoms. The maximum atomic E-state index is 8.96. The fourth-order valence-corrected chi connectivity index (χ4v) is 1.60. The van der Waals surface area contributed by atoms with Crippen molar-refractivity contribution in [3.8, 4) is 5.75 Å². The molecule has 0 aliphatic carbocycles. The van der Waals surface area contributed by atoms with Crippen LogP contribution in [0.1, 0.15) is 20.3 Å². The van der Waals surface area contributed by atoms with Crippen LogP contribution < -0.4 is 15.8 Å². The van der Waals surface area contributed by atoms with Crippen molar-refractivity contribution in [1.82, 2.24) is 0 Å². The summed E-state index contributed by atoms with van der Waals surface area (Å²) in [6.45, 7) is 5.16. The minimum absolute atomic E-state index is 0.0320. The van der Waals surface area contributed by atoms with Crippen molar-refractivity contribution in [2.45, 2.75) is 20.3 Å². The van der Waals surface area contributed by atoms with E-state index in [0.29, 0.717) is 11.4 Å². The number of methoxy groups -OCH3 is 1. The van der Waals surface area contributed by atoms with E-state index in [-0.39, 0.29) is 12.0 Å². The molecular weight excluding hydrogens is 216 g/mol. The minimum atomic E-state index is 0.0320. The van der Waals surface area contributed by atoms with Gasteiger partial charge in [0, 0.05) is 13.2 Å². The SMILES string of the molecule is COc1cccc(NCC(C)(C)CCO)c1N. The number of nitrogens with one attached hydrogen (secondary N) is 1. The zero-order chi connectivity index (χ0) is 12.9. The molecule has 0 aliphatic heterocycles. The summed E-state index contributed by atoms with van der Waals surface area (Å²) in [5, 5.41) is 12.3. The molecule has 1 aromatic rings. The Morgan fingerprint density at radius 1 is 1.41 bits per heavy atom. The summed E-state index contributed by atoms with van der Waals surface area (Å²) in [4.78, 5) is 0. The summed E-state index contributed by atoms with van der Waals surface area (Å²) in [5.41, 5.74) is 7.48. The van der Waals surface area contributed by atoms with Gasteiger partial charge in [-0.05, 0) is 24.0 Å². The Morgan fingerprint density at radius 3 is 2.71 bits per heavy atom. The maximum absolute atomic E-state index is 8.96. The van der Waals surface area contributed by atoms with Crippen LogP contribution in [0.3, 0.4) is 0 Å². The van der Waals surface area contributed by atoms with Crippen LogP contribution in [0.2, 0.25) is 0 Å². The summed E-state index contributed by atoms with van der Waals surface area (Å²) in [6.07, 6.45) is 0.754. The second-order valence-electron chi connectivity index (χ2n) is 4.91. The van der Waals surface area contributed by atoms with Gasteiger partial charge in [0.15, 0.2) is 0 Å². The Balaban J connectivity index is 2.69. The highest BCUT2D eigenvalue weighted by Gasteiger charge is 2.17. The predicted octanol–water partition coefficient (Wildman–Crippen LogP) is 2.10. The highest BCUT2D eigenvalue weighted by atomic mass is 16.5. The van der Waals surface area contributed by atoms with E-state index < -0.39 is 0 Å². The van der Waals surface area contributed by atoms with Gasteiger partial charge in [0.1, 0.15) is 5.75 Å². The highest BCUT2D eigenvalue weighted by molar-refractivity contribution is 5.72. The quantitative estimate of drug-likeness (QED) is 0.664. The van der Waals surface area contributed by atoms with E-state index in [1.54, 1.807) is 7.11 Å². The first kappa shape index (κ1) is 13.6. The van der Waals surface area contributed by atoms with Crippen LogP contribution in [0, 0.1) is 5.41 Å². The Kier molecular flexibility index (Phi) is 4.63. The van der Waals surface area contributed by atoms with E-state index in [9.17, 15) is 0 Å². The van der Waals surface area contributed by atoms with Crippen molar-refractivity contribution in [2.24, 2.45) is 5.41 Å². The third kappa shape index (κ3) is 3.82. The fourth-order valence-electron chi connectivity index (χ4n) is 1.60. The third-order valence-electron chi connectivity index (χ3n) is 2.83. The molecule has 0 amide bonds. The average molecular weight is 238 g/mol. The van der Waals surface area contributed by atoms with Crippen molar-refractivity contribution >= 4 is 11.4 Å². The molecule has 17 heavy (non-hydrogen) atoms. The van der Waals surface area contributed by atoms with Gasteiger partial charge < -0.3 is 20.9 Å². The van der Waals surface area contributed by atoms with E-state index in [1.165, 1.54) is 0 Å². The second-order valence-corrected chi connectivity index (χ2v) is 4.91. The lowest BCUT2D eigenvalue weighted by Crippen LogP contribution is -2.24. The standard InChI is InChI=1S/C13H22N2O2/c1-13(2,7-8-16)9-15-10-5-4-6-11(17-3)12(10)14/h4-6,15-16H,7-9,14H2,1-3H3. The van der Waals surface area contributed by atoms with Crippen molar-refractivity contribution in [3.63, 3.8) is 0 Å². The normalized spacial score (nSPS) is 11.3. The molecule has 0 fully saturated rings. The van der Waals surface area contributed by atoms with Gasteiger partial charge in [0.2, 0.25) is 0 Å². The lowest BCUT2D eigenvalue weighted by atomic mass is 9.89. The number of rotatable bonds is 6. The van der Waals surface area contributed by atoms with Crippen molar-refractivity contribution in [3.05, 3.63) is 18.2 Å². The first-order valence-electron chi connectivity index (χ1n) is 5.77. The molecule has 0 heterocycles. The van der Waals surface area contributed by atoms with Crippen molar-refractivity contribution in [1.29, 1.82) is 0 Å². The molecule has 1 aromatic carbocycles.